The molecule has 3 aromatic rings. The molecule has 3 rings (SSSR count). The van der Waals surface area contributed by atoms with Crippen molar-refractivity contribution in [2.75, 3.05) is 19.8 Å². The SMILES string of the molecule is CCOC(=O)C(C#N)c1cccc(-c2csc(-c3ccc(OCC)c(OCC)c3)n2)n1. The van der Waals surface area contributed by atoms with Crippen molar-refractivity contribution in [3.63, 3.8) is 0 Å². The molecule has 0 aliphatic carbocycles. The summed E-state index contributed by atoms with van der Waals surface area (Å²) in [5.74, 6) is -0.310. The van der Waals surface area contributed by atoms with Crippen molar-refractivity contribution in [1.82, 2.24) is 9.97 Å². The highest BCUT2D eigenvalue weighted by Crippen LogP contribution is 2.35. The third-order valence-corrected chi connectivity index (χ3v) is 5.17. The fraction of sp³-hybridized carbons (Fsp3) is 0.304. The van der Waals surface area contributed by atoms with Crippen LogP contribution in [0.15, 0.2) is 41.8 Å². The number of hydrogen-bond donors (Lipinski definition) is 0. The predicted octanol–water partition coefficient (Wildman–Crippen LogP) is 4.84. The van der Waals surface area contributed by atoms with Crippen LogP contribution < -0.4 is 9.47 Å². The molecule has 8 heteroatoms. The Labute approximate surface area is 185 Å². The number of rotatable bonds is 9. The largest absolute Gasteiger partial charge is 0.490 e. The number of benzene rings is 1. The van der Waals surface area contributed by atoms with Crippen LogP contribution in [-0.4, -0.2) is 35.8 Å². The van der Waals surface area contributed by atoms with Gasteiger partial charge < -0.3 is 14.2 Å². The first-order valence-corrected chi connectivity index (χ1v) is 10.9. The Morgan fingerprint density at radius 3 is 2.52 bits per heavy atom. The number of nitrogens with zero attached hydrogens (tertiary/aromatic N) is 3. The molecular formula is C23H23N3O4S. The van der Waals surface area contributed by atoms with Crippen molar-refractivity contribution < 1.29 is 19.0 Å². The van der Waals surface area contributed by atoms with E-state index in [1.54, 1.807) is 25.1 Å². The van der Waals surface area contributed by atoms with E-state index in [9.17, 15) is 10.1 Å². The van der Waals surface area contributed by atoms with Crippen LogP contribution in [0.3, 0.4) is 0 Å². The molecule has 31 heavy (non-hydrogen) atoms. The molecule has 0 spiro atoms. The second kappa shape index (κ2) is 10.5. The number of esters is 1. The van der Waals surface area contributed by atoms with E-state index in [4.69, 9.17) is 19.2 Å². The zero-order valence-corrected chi connectivity index (χ0v) is 18.4. The van der Waals surface area contributed by atoms with Gasteiger partial charge in [-0.2, -0.15) is 5.26 Å². The van der Waals surface area contributed by atoms with Gasteiger partial charge in [0, 0.05) is 10.9 Å². The first-order valence-electron chi connectivity index (χ1n) is 10.00. The average molecular weight is 438 g/mol. The maximum atomic E-state index is 12.1. The molecule has 0 saturated heterocycles. The number of thiazole rings is 1. The van der Waals surface area contributed by atoms with Gasteiger partial charge in [-0.05, 0) is 51.1 Å². The Balaban J connectivity index is 1.90. The number of carbonyl (C=O) groups is 1. The maximum absolute atomic E-state index is 12.1. The average Bonchev–Trinajstić information content (AvgIpc) is 3.27. The van der Waals surface area contributed by atoms with Gasteiger partial charge in [0.15, 0.2) is 17.4 Å². The molecule has 0 aliphatic heterocycles. The lowest BCUT2D eigenvalue weighted by atomic mass is 10.1. The van der Waals surface area contributed by atoms with E-state index < -0.39 is 11.9 Å². The van der Waals surface area contributed by atoms with Crippen molar-refractivity contribution in [2.24, 2.45) is 0 Å². The molecule has 0 fully saturated rings. The number of hydrogen-bond acceptors (Lipinski definition) is 8. The van der Waals surface area contributed by atoms with E-state index in [2.05, 4.69) is 4.98 Å². The molecule has 160 valence electrons. The van der Waals surface area contributed by atoms with Crippen molar-refractivity contribution >= 4 is 17.3 Å². The first-order chi connectivity index (χ1) is 15.1. The van der Waals surface area contributed by atoms with Crippen LogP contribution in [0.5, 0.6) is 11.5 Å². The lowest BCUT2D eigenvalue weighted by molar-refractivity contribution is -0.143. The highest BCUT2D eigenvalue weighted by molar-refractivity contribution is 7.13. The maximum Gasteiger partial charge on any atom is 0.329 e. The highest BCUT2D eigenvalue weighted by atomic mass is 32.1. The summed E-state index contributed by atoms with van der Waals surface area (Å²) in [4.78, 5) is 21.2. The Hall–Kier alpha value is -3.44. The van der Waals surface area contributed by atoms with Crippen LogP contribution in [0.1, 0.15) is 32.4 Å². The predicted molar refractivity (Wildman–Crippen MR) is 118 cm³/mol. The van der Waals surface area contributed by atoms with Gasteiger partial charge in [0.05, 0.1) is 37.3 Å². The van der Waals surface area contributed by atoms with E-state index in [1.165, 1.54) is 11.3 Å². The Kier molecular flexibility index (Phi) is 7.57. The molecule has 0 bridgehead atoms. The van der Waals surface area contributed by atoms with Gasteiger partial charge in [-0.3, -0.25) is 4.79 Å². The minimum Gasteiger partial charge on any atom is -0.490 e. The van der Waals surface area contributed by atoms with Crippen LogP contribution >= 0.6 is 11.3 Å². The van der Waals surface area contributed by atoms with Gasteiger partial charge in [-0.15, -0.1) is 11.3 Å². The van der Waals surface area contributed by atoms with Crippen molar-refractivity contribution in [2.45, 2.75) is 26.7 Å². The van der Waals surface area contributed by atoms with Crippen LogP contribution in [0, 0.1) is 11.3 Å². The molecule has 0 aliphatic rings. The Bertz CT molecular complexity index is 1090. The lowest BCUT2D eigenvalue weighted by Crippen LogP contribution is -2.15. The second-order valence-corrected chi connectivity index (χ2v) is 7.19. The van der Waals surface area contributed by atoms with Crippen molar-refractivity contribution in [1.29, 1.82) is 5.26 Å². The van der Waals surface area contributed by atoms with Crippen LogP contribution in [0.2, 0.25) is 0 Å². The van der Waals surface area contributed by atoms with E-state index in [0.717, 1.165) is 10.6 Å². The first kappa shape index (κ1) is 22.2. The zero-order valence-electron chi connectivity index (χ0n) is 17.6. The van der Waals surface area contributed by atoms with Crippen molar-refractivity contribution in [3.05, 3.63) is 47.5 Å². The number of aromatic nitrogens is 2. The van der Waals surface area contributed by atoms with Gasteiger partial charge in [0.25, 0.3) is 0 Å². The summed E-state index contributed by atoms with van der Waals surface area (Å²) in [6.07, 6.45) is 0. The molecule has 0 N–H and O–H groups in total. The lowest BCUT2D eigenvalue weighted by Gasteiger charge is -2.11. The number of carbonyl (C=O) groups excluding carboxylic acids is 1. The van der Waals surface area contributed by atoms with Gasteiger partial charge in [-0.25, -0.2) is 9.97 Å². The van der Waals surface area contributed by atoms with Crippen LogP contribution in [-0.2, 0) is 9.53 Å². The van der Waals surface area contributed by atoms with Gasteiger partial charge in [0.1, 0.15) is 10.7 Å². The summed E-state index contributed by atoms with van der Waals surface area (Å²) in [7, 11) is 0. The second-order valence-electron chi connectivity index (χ2n) is 6.33. The molecule has 7 nitrogen and oxygen atoms in total. The number of nitriles is 1. The summed E-state index contributed by atoms with van der Waals surface area (Å²) in [6.45, 7) is 6.84. The summed E-state index contributed by atoms with van der Waals surface area (Å²) in [6, 6.07) is 12.9. The molecule has 0 radical (unpaired) electrons. The van der Waals surface area contributed by atoms with Gasteiger partial charge in [0.2, 0.25) is 0 Å². The standard InChI is InChI=1S/C23H23N3O4S/c1-4-28-20-11-10-15(12-21(20)29-5-2)22-26-19(14-31-22)18-9-7-8-17(25-18)16(13-24)23(27)30-6-3/h7-12,14,16H,4-6H2,1-3H3. The van der Waals surface area contributed by atoms with Crippen molar-refractivity contribution in [3.8, 4) is 39.5 Å². The summed E-state index contributed by atoms with van der Waals surface area (Å²) in [5, 5.41) is 12.1. The molecule has 1 aromatic carbocycles. The van der Waals surface area contributed by atoms with Crippen LogP contribution in [0.25, 0.3) is 22.0 Å². The normalized spacial score (nSPS) is 11.4. The molecular weight excluding hydrogens is 414 g/mol. The number of pyridine rings is 1. The minimum atomic E-state index is -1.07. The monoisotopic (exact) mass is 437 g/mol. The number of ether oxygens (including phenoxy) is 3. The molecule has 2 heterocycles. The molecule has 0 saturated carbocycles. The molecule has 1 unspecified atom stereocenters. The molecule has 1 atom stereocenters. The third-order valence-electron chi connectivity index (χ3n) is 4.27. The summed E-state index contributed by atoms with van der Waals surface area (Å²) >= 11 is 1.47. The quantitative estimate of drug-likeness (QED) is 0.442. The third kappa shape index (κ3) is 5.19. The highest BCUT2D eigenvalue weighted by Gasteiger charge is 2.23. The smallest absolute Gasteiger partial charge is 0.329 e. The van der Waals surface area contributed by atoms with E-state index in [-0.39, 0.29) is 6.61 Å². The zero-order chi connectivity index (χ0) is 22.2. The minimum absolute atomic E-state index is 0.206. The Morgan fingerprint density at radius 1 is 1.03 bits per heavy atom. The van der Waals surface area contributed by atoms with E-state index in [1.807, 2.05) is 43.5 Å². The molecule has 0 amide bonds. The molecule has 2 aromatic heterocycles. The van der Waals surface area contributed by atoms with E-state index >= 15 is 0 Å². The summed E-state index contributed by atoms with van der Waals surface area (Å²) < 4.78 is 16.3. The summed E-state index contributed by atoms with van der Waals surface area (Å²) in [5.41, 5.74) is 2.49. The van der Waals surface area contributed by atoms with Gasteiger partial charge in [-0.1, -0.05) is 6.07 Å². The topological polar surface area (TPSA) is 94.3 Å². The fourth-order valence-corrected chi connectivity index (χ4v) is 3.74. The van der Waals surface area contributed by atoms with E-state index in [0.29, 0.717) is 41.8 Å². The Morgan fingerprint density at radius 2 is 1.81 bits per heavy atom. The van der Waals surface area contributed by atoms with Crippen LogP contribution in [0.4, 0.5) is 0 Å². The fourth-order valence-electron chi connectivity index (χ4n) is 2.93. The van der Waals surface area contributed by atoms with Gasteiger partial charge >= 0.3 is 5.97 Å².